The Kier molecular flexibility index (Phi) is 20.9. The van der Waals surface area contributed by atoms with E-state index < -0.39 is 23.9 Å². The van der Waals surface area contributed by atoms with Crippen LogP contribution in [0.25, 0.3) is 16.7 Å². The molecule has 2 aromatic heterocycles. The maximum Gasteiger partial charge on any atom is 0.427 e. The summed E-state index contributed by atoms with van der Waals surface area (Å²) in [6.07, 6.45) is 8.84. The number of hydrogen-bond donors (Lipinski definition) is 4. The van der Waals surface area contributed by atoms with Gasteiger partial charge in [-0.25, -0.2) is 9.48 Å². The zero-order valence-corrected chi connectivity index (χ0v) is 40.2. The Bertz CT molecular complexity index is 2070. The van der Waals surface area contributed by atoms with Crippen molar-refractivity contribution in [2.24, 2.45) is 11.8 Å². The molecule has 3 aliphatic rings. The monoisotopic (exact) mass is 934 g/mol. The van der Waals surface area contributed by atoms with E-state index in [1.54, 1.807) is 34.9 Å². The van der Waals surface area contributed by atoms with Gasteiger partial charge in [0.15, 0.2) is 5.43 Å². The third kappa shape index (κ3) is 17.4. The number of pyridine rings is 1. The highest BCUT2D eigenvalue weighted by atomic mass is 32.2. The molecule has 6 rings (SSSR count). The SMILES string of the molecule is C=CCC[C@@H](C)CC(CC)[C@H](NC(=O)OC(C)(C)C(F)(F)F)C(=O)N1CCCC1C.CC1(SNC=O)CC1.COc1ccc2c(=O)cc(-n3ccc(C(C)C)n3)[nH]c2c1.O=CNC1CC1. The number of likely N-dealkylation sites (tertiary alicyclic amines) is 1. The second-order valence-corrected chi connectivity index (χ2v) is 19.5. The number of hydrogen-bond acceptors (Lipinski definition) is 9. The first-order valence-electron chi connectivity index (χ1n) is 22.4. The molecular weight excluding hydrogens is 864 g/mol. The number of fused-ring (bicyclic) bond motifs is 1. The van der Waals surface area contributed by atoms with Crippen molar-refractivity contribution in [1.29, 1.82) is 0 Å². The number of carbonyl (C=O) groups is 4. The summed E-state index contributed by atoms with van der Waals surface area (Å²) in [5.41, 5.74) is -0.965. The van der Waals surface area contributed by atoms with Crippen LogP contribution in [0, 0.1) is 11.8 Å². The van der Waals surface area contributed by atoms with Gasteiger partial charge in [0.25, 0.3) is 0 Å². The third-order valence-corrected chi connectivity index (χ3v) is 12.7. The summed E-state index contributed by atoms with van der Waals surface area (Å²) >= 11 is 1.53. The Labute approximate surface area is 385 Å². The van der Waals surface area contributed by atoms with Gasteiger partial charge in [-0.2, -0.15) is 18.3 Å². The van der Waals surface area contributed by atoms with E-state index in [0.29, 0.717) is 53.0 Å². The summed E-state index contributed by atoms with van der Waals surface area (Å²) < 4.78 is 53.9. The fourth-order valence-electron chi connectivity index (χ4n) is 6.88. The fraction of sp³-hybridized carbons (Fsp3) is 0.617. The average molecular weight is 934 g/mol. The molecule has 3 heterocycles. The zero-order chi connectivity index (χ0) is 48.5. The number of rotatable bonds is 18. The average Bonchev–Trinajstić information content (AvgIpc) is 4.11. The molecule has 1 aromatic carbocycles. The largest absolute Gasteiger partial charge is 0.497 e. The molecule has 1 saturated heterocycles. The normalized spacial score (nSPS) is 17.6. The van der Waals surface area contributed by atoms with Gasteiger partial charge < -0.3 is 34.7 Å². The summed E-state index contributed by atoms with van der Waals surface area (Å²) in [6.45, 7) is 18.1. The lowest BCUT2D eigenvalue weighted by molar-refractivity contribution is -0.244. The number of allylic oxidation sites excluding steroid dienone is 1. The van der Waals surface area contributed by atoms with Crippen molar-refractivity contribution in [1.82, 2.24) is 35.0 Å². The van der Waals surface area contributed by atoms with E-state index in [1.807, 2.05) is 38.3 Å². The van der Waals surface area contributed by atoms with E-state index in [0.717, 1.165) is 63.6 Å². The Morgan fingerprint density at radius 3 is 2.28 bits per heavy atom. The Hall–Kier alpha value is -5.00. The van der Waals surface area contributed by atoms with Gasteiger partial charge >= 0.3 is 12.3 Å². The number of carbonyl (C=O) groups excluding carboxylic acids is 4. The molecule has 3 aromatic rings. The number of methoxy groups -OCH3 is 1. The highest BCUT2D eigenvalue weighted by molar-refractivity contribution is 7.99. The van der Waals surface area contributed by atoms with Crippen LogP contribution in [0.2, 0.25) is 0 Å². The van der Waals surface area contributed by atoms with Gasteiger partial charge in [0.05, 0.1) is 18.3 Å². The van der Waals surface area contributed by atoms with Crippen LogP contribution in [0.15, 0.2) is 54.0 Å². The van der Waals surface area contributed by atoms with Crippen molar-refractivity contribution in [3.63, 3.8) is 0 Å². The van der Waals surface area contributed by atoms with E-state index in [-0.39, 0.29) is 29.2 Å². The van der Waals surface area contributed by atoms with Crippen molar-refractivity contribution in [2.45, 2.75) is 160 Å². The molecule has 0 spiro atoms. The van der Waals surface area contributed by atoms with Crippen LogP contribution >= 0.6 is 11.9 Å². The quantitative estimate of drug-likeness (QED) is 0.0551. The lowest BCUT2D eigenvalue weighted by atomic mass is 9.85. The summed E-state index contributed by atoms with van der Waals surface area (Å²) in [6, 6.07) is 8.53. The Morgan fingerprint density at radius 2 is 1.78 bits per heavy atom. The molecule has 1 aliphatic heterocycles. The zero-order valence-electron chi connectivity index (χ0n) is 39.4. The first-order chi connectivity index (χ1) is 30.6. The molecule has 18 heteroatoms. The van der Waals surface area contributed by atoms with Crippen LogP contribution in [0.5, 0.6) is 5.75 Å². The standard InChI is InChI=1S/C22H37F3N2O3.C16H17N3O2.C5H9NOS.C4H7NO/c1-7-9-11-15(3)14-17(8-2)18(19(28)27-13-10-12-16(27)4)26-20(29)30-21(5,6)22(23,24)25;1-10(2)13-6-7-19(18-13)16-9-15(20)12-5-4-11(21-3)8-14(12)17-16;1-5(2-3-5)8-6-4-7;6-3-5-4-1-2-4/h7,15-18H,1,8-14H2,2-6H3,(H,26,29);4-10H,1-3H3,(H,17,20);4H,2-3H2,1H3,(H,6,7);3-4H,1-2H2,(H,5,6)/t15-,16?,17?,18+;;;/m1.../s1. The topological polar surface area (TPSA) is 177 Å². The van der Waals surface area contributed by atoms with Crippen molar-refractivity contribution >= 4 is 47.7 Å². The van der Waals surface area contributed by atoms with Crippen molar-refractivity contribution in [3.05, 3.63) is 65.1 Å². The predicted molar refractivity (Wildman–Crippen MR) is 250 cm³/mol. The van der Waals surface area contributed by atoms with E-state index >= 15 is 0 Å². The number of halogens is 3. The Balaban J connectivity index is 0.000000272. The number of ether oxygens (including phenoxy) is 2. The number of benzene rings is 1. The van der Waals surface area contributed by atoms with Gasteiger partial charge in [0.1, 0.15) is 17.6 Å². The van der Waals surface area contributed by atoms with Gasteiger partial charge in [-0.05, 0) is 133 Å². The van der Waals surface area contributed by atoms with Crippen molar-refractivity contribution in [2.75, 3.05) is 13.7 Å². The van der Waals surface area contributed by atoms with Crippen LogP contribution in [-0.4, -0.2) is 92.8 Å². The van der Waals surface area contributed by atoms with Gasteiger partial charge in [-0.1, -0.05) is 40.2 Å². The Morgan fingerprint density at radius 1 is 1.09 bits per heavy atom. The molecule has 0 radical (unpaired) electrons. The minimum absolute atomic E-state index is 0.0389. The molecule has 2 unspecified atom stereocenters. The third-order valence-electron chi connectivity index (χ3n) is 11.6. The minimum Gasteiger partial charge on any atom is -0.497 e. The van der Waals surface area contributed by atoms with Crippen LogP contribution in [0.1, 0.15) is 131 Å². The summed E-state index contributed by atoms with van der Waals surface area (Å²) in [5, 5.41) is 10.2. The number of amides is 4. The van der Waals surface area contributed by atoms with Crippen LogP contribution in [0.3, 0.4) is 0 Å². The van der Waals surface area contributed by atoms with E-state index in [1.165, 1.54) is 37.6 Å². The maximum absolute atomic E-state index is 13.3. The molecule has 2 saturated carbocycles. The predicted octanol–water partition coefficient (Wildman–Crippen LogP) is 9.13. The highest BCUT2D eigenvalue weighted by Crippen LogP contribution is 2.46. The molecule has 362 valence electrons. The molecule has 4 atom stereocenters. The molecule has 2 aliphatic carbocycles. The second kappa shape index (κ2) is 25.1. The number of nitrogens with zero attached hydrogens (tertiary/aromatic N) is 3. The summed E-state index contributed by atoms with van der Waals surface area (Å²) in [4.78, 5) is 62.1. The first-order valence-corrected chi connectivity index (χ1v) is 23.3. The number of H-pyrrole nitrogens is 1. The lowest BCUT2D eigenvalue weighted by Gasteiger charge is -2.34. The molecular formula is C47H70F3N7O7S. The number of nitrogens with one attached hydrogen (secondary N) is 4. The molecule has 0 bridgehead atoms. The first kappa shape index (κ1) is 54.3. The number of aromatic nitrogens is 3. The van der Waals surface area contributed by atoms with Gasteiger partial charge in [-0.15, -0.1) is 6.58 Å². The van der Waals surface area contributed by atoms with Crippen LogP contribution in [0.4, 0.5) is 18.0 Å². The van der Waals surface area contributed by atoms with E-state index in [4.69, 9.17) is 4.74 Å². The summed E-state index contributed by atoms with van der Waals surface area (Å²) in [5.74, 6) is 1.53. The second-order valence-electron chi connectivity index (χ2n) is 18.0. The fourth-order valence-corrected chi connectivity index (χ4v) is 7.52. The van der Waals surface area contributed by atoms with E-state index in [9.17, 15) is 37.1 Å². The van der Waals surface area contributed by atoms with Gasteiger partial charge in [0, 0.05) is 47.1 Å². The lowest BCUT2D eigenvalue weighted by Crippen LogP contribution is -2.55. The van der Waals surface area contributed by atoms with Gasteiger partial charge in [-0.3, -0.25) is 19.2 Å². The molecule has 3 fully saturated rings. The molecule has 4 N–H and O–H groups in total. The number of alkyl carbamates (subject to hydrolysis) is 1. The molecule has 4 amide bonds. The smallest absolute Gasteiger partial charge is 0.427 e. The highest BCUT2D eigenvalue weighted by Gasteiger charge is 2.51. The van der Waals surface area contributed by atoms with Crippen molar-refractivity contribution in [3.8, 4) is 11.6 Å². The van der Waals surface area contributed by atoms with Gasteiger partial charge in [0.2, 0.25) is 24.3 Å². The molecule has 65 heavy (non-hydrogen) atoms. The summed E-state index contributed by atoms with van der Waals surface area (Å²) in [7, 11) is 1.60. The van der Waals surface area contributed by atoms with E-state index in [2.05, 4.69) is 64.4 Å². The van der Waals surface area contributed by atoms with Crippen LogP contribution in [-0.2, 0) is 19.1 Å². The maximum atomic E-state index is 13.3. The minimum atomic E-state index is -4.71. The van der Waals surface area contributed by atoms with Crippen LogP contribution < -0.4 is 25.5 Å². The van der Waals surface area contributed by atoms with Crippen molar-refractivity contribution < 1.29 is 41.8 Å². The number of aromatic amines is 1. The number of alkyl halides is 3. The molecule has 14 nitrogen and oxygen atoms in total.